The summed E-state index contributed by atoms with van der Waals surface area (Å²) in [6.07, 6.45) is 4.29. The second kappa shape index (κ2) is 2.25. The molecule has 0 saturated heterocycles. The lowest BCUT2D eigenvalue weighted by Gasteiger charge is -2.39. The molecule has 0 aromatic heterocycles. The molecule has 0 amide bonds. The van der Waals surface area contributed by atoms with Gasteiger partial charge in [0.25, 0.3) is 0 Å². The van der Waals surface area contributed by atoms with E-state index in [4.69, 9.17) is 0 Å². The predicted molar refractivity (Wildman–Crippen MR) is 52.1 cm³/mol. The highest BCUT2D eigenvalue weighted by Gasteiger charge is 2.60. The molecule has 0 aromatic rings. The Morgan fingerprint density at radius 2 is 1.92 bits per heavy atom. The van der Waals surface area contributed by atoms with Crippen molar-refractivity contribution in [2.45, 2.75) is 46.1 Å². The van der Waals surface area contributed by atoms with Crippen LogP contribution in [0.5, 0.6) is 0 Å². The Labute approximate surface area is 75.9 Å². The van der Waals surface area contributed by atoms with Crippen LogP contribution in [0, 0.1) is 16.7 Å². The summed E-state index contributed by atoms with van der Waals surface area (Å²) in [7, 11) is 2.12. The van der Waals surface area contributed by atoms with E-state index in [9.17, 15) is 0 Å². The van der Waals surface area contributed by atoms with Gasteiger partial charge in [-0.15, -0.1) is 0 Å². The van der Waals surface area contributed by atoms with Gasteiger partial charge >= 0.3 is 0 Å². The van der Waals surface area contributed by atoms with Gasteiger partial charge in [0, 0.05) is 6.04 Å². The molecular formula is C11H21N. The highest BCUT2D eigenvalue weighted by Crippen LogP contribution is 2.65. The lowest BCUT2D eigenvalue weighted by molar-refractivity contribution is 0.125. The van der Waals surface area contributed by atoms with Crippen LogP contribution in [0.2, 0.25) is 0 Å². The zero-order valence-electron chi connectivity index (χ0n) is 8.78. The third kappa shape index (κ3) is 0.736. The van der Waals surface area contributed by atoms with Crippen molar-refractivity contribution in [1.29, 1.82) is 0 Å². The highest BCUT2D eigenvalue weighted by atomic mass is 14.9. The molecule has 1 unspecified atom stereocenters. The second-order valence-electron chi connectivity index (χ2n) is 5.45. The highest BCUT2D eigenvalue weighted by molar-refractivity contribution is 5.12. The van der Waals surface area contributed by atoms with Crippen molar-refractivity contribution in [3.63, 3.8) is 0 Å². The summed E-state index contributed by atoms with van der Waals surface area (Å²) in [6, 6.07) is 0.770. The van der Waals surface area contributed by atoms with Crippen LogP contribution in [-0.4, -0.2) is 13.1 Å². The first kappa shape index (κ1) is 8.55. The number of hydrogen-bond acceptors (Lipinski definition) is 1. The third-order valence-electron chi connectivity index (χ3n) is 5.14. The standard InChI is InChI=1S/C11H21N/c1-10(2)8-5-6-11(10,3)9(7-8)12-4/h8-9,12H,5-7H2,1-4H3/t8-,9?,11+/m1/s1. The summed E-state index contributed by atoms with van der Waals surface area (Å²) in [4.78, 5) is 0. The van der Waals surface area contributed by atoms with Crippen LogP contribution in [0.3, 0.4) is 0 Å². The van der Waals surface area contributed by atoms with Gasteiger partial charge in [-0.1, -0.05) is 20.8 Å². The monoisotopic (exact) mass is 167 g/mol. The van der Waals surface area contributed by atoms with Crippen LogP contribution in [0.4, 0.5) is 0 Å². The van der Waals surface area contributed by atoms with Gasteiger partial charge in [-0.2, -0.15) is 0 Å². The number of fused-ring (bicyclic) bond motifs is 2. The van der Waals surface area contributed by atoms with E-state index in [-0.39, 0.29) is 0 Å². The maximum absolute atomic E-state index is 3.49. The van der Waals surface area contributed by atoms with E-state index in [0.29, 0.717) is 10.8 Å². The molecule has 2 rings (SSSR count). The average Bonchev–Trinajstić information content (AvgIpc) is 2.34. The zero-order chi connectivity index (χ0) is 8.98. The smallest absolute Gasteiger partial charge is 0.0126 e. The van der Waals surface area contributed by atoms with Gasteiger partial charge in [0.1, 0.15) is 0 Å². The molecule has 2 aliphatic rings. The molecule has 2 aliphatic carbocycles. The fraction of sp³-hybridized carbons (Fsp3) is 1.00. The summed E-state index contributed by atoms with van der Waals surface area (Å²) in [5.41, 5.74) is 1.13. The molecule has 2 fully saturated rings. The summed E-state index contributed by atoms with van der Waals surface area (Å²) >= 11 is 0. The van der Waals surface area contributed by atoms with Crippen molar-refractivity contribution in [2.75, 3.05) is 7.05 Å². The molecule has 2 saturated carbocycles. The van der Waals surface area contributed by atoms with Gasteiger partial charge in [-0.25, -0.2) is 0 Å². The molecule has 0 aliphatic heterocycles. The van der Waals surface area contributed by atoms with Crippen molar-refractivity contribution in [1.82, 2.24) is 5.32 Å². The van der Waals surface area contributed by atoms with E-state index in [1.54, 1.807) is 0 Å². The lowest BCUT2D eigenvalue weighted by Crippen LogP contribution is -2.42. The molecule has 1 nitrogen and oxygen atoms in total. The molecule has 12 heavy (non-hydrogen) atoms. The second-order valence-corrected chi connectivity index (χ2v) is 5.45. The van der Waals surface area contributed by atoms with Crippen molar-refractivity contribution in [3.05, 3.63) is 0 Å². The molecule has 0 heterocycles. The molecule has 70 valence electrons. The molecule has 1 heteroatoms. The Balaban J connectivity index is 2.33. The van der Waals surface area contributed by atoms with E-state index in [1.807, 2.05) is 0 Å². The minimum atomic E-state index is 0.562. The van der Waals surface area contributed by atoms with Crippen LogP contribution < -0.4 is 5.32 Å². The largest absolute Gasteiger partial charge is 0.316 e. The fourth-order valence-corrected chi connectivity index (χ4v) is 3.64. The van der Waals surface area contributed by atoms with Crippen molar-refractivity contribution < 1.29 is 0 Å². The summed E-state index contributed by atoms with van der Waals surface area (Å²) in [5.74, 6) is 0.972. The topological polar surface area (TPSA) is 12.0 Å². The van der Waals surface area contributed by atoms with Gasteiger partial charge in [0.2, 0.25) is 0 Å². The van der Waals surface area contributed by atoms with Gasteiger partial charge < -0.3 is 5.32 Å². The molecule has 2 bridgehead atoms. The minimum absolute atomic E-state index is 0.562. The van der Waals surface area contributed by atoms with Crippen molar-refractivity contribution in [3.8, 4) is 0 Å². The molecule has 0 spiro atoms. The number of hydrogen-bond donors (Lipinski definition) is 1. The van der Waals surface area contributed by atoms with E-state index in [1.165, 1.54) is 19.3 Å². The van der Waals surface area contributed by atoms with E-state index in [0.717, 1.165) is 12.0 Å². The van der Waals surface area contributed by atoms with Crippen molar-refractivity contribution >= 4 is 0 Å². The molecule has 3 atom stereocenters. The quantitative estimate of drug-likeness (QED) is 0.632. The Morgan fingerprint density at radius 3 is 2.17 bits per heavy atom. The average molecular weight is 167 g/mol. The van der Waals surface area contributed by atoms with Gasteiger partial charge in [-0.05, 0) is 43.1 Å². The normalized spacial score (nSPS) is 50.0. The zero-order valence-corrected chi connectivity index (χ0v) is 8.78. The Bertz CT molecular complexity index is 197. The summed E-state index contributed by atoms with van der Waals surface area (Å²) < 4.78 is 0. The number of rotatable bonds is 1. The van der Waals surface area contributed by atoms with Crippen LogP contribution in [0.25, 0.3) is 0 Å². The summed E-state index contributed by atoms with van der Waals surface area (Å²) in [5, 5.41) is 3.49. The maximum Gasteiger partial charge on any atom is 0.0126 e. The Hall–Kier alpha value is -0.0400. The first-order chi connectivity index (χ1) is 5.52. The van der Waals surface area contributed by atoms with E-state index in [2.05, 4.69) is 33.1 Å². The Kier molecular flexibility index (Phi) is 1.61. The van der Waals surface area contributed by atoms with Gasteiger partial charge in [0.05, 0.1) is 0 Å². The van der Waals surface area contributed by atoms with E-state index >= 15 is 0 Å². The fourth-order valence-electron chi connectivity index (χ4n) is 3.64. The molecule has 0 radical (unpaired) electrons. The Morgan fingerprint density at radius 1 is 1.25 bits per heavy atom. The van der Waals surface area contributed by atoms with Gasteiger partial charge in [-0.3, -0.25) is 0 Å². The molecule has 1 N–H and O–H groups in total. The van der Waals surface area contributed by atoms with Crippen molar-refractivity contribution in [2.24, 2.45) is 16.7 Å². The van der Waals surface area contributed by atoms with Crippen LogP contribution in [0.15, 0.2) is 0 Å². The first-order valence-electron chi connectivity index (χ1n) is 5.19. The van der Waals surface area contributed by atoms with Gasteiger partial charge in [0.15, 0.2) is 0 Å². The predicted octanol–water partition coefficient (Wildman–Crippen LogP) is 2.42. The van der Waals surface area contributed by atoms with E-state index < -0.39 is 0 Å². The lowest BCUT2D eigenvalue weighted by atomic mass is 9.69. The third-order valence-corrected chi connectivity index (χ3v) is 5.14. The molecule has 0 aromatic carbocycles. The van der Waals surface area contributed by atoms with Crippen LogP contribution in [0.1, 0.15) is 40.0 Å². The minimum Gasteiger partial charge on any atom is -0.316 e. The molecular weight excluding hydrogens is 146 g/mol. The summed E-state index contributed by atoms with van der Waals surface area (Å²) in [6.45, 7) is 7.39. The number of nitrogens with one attached hydrogen (secondary N) is 1. The van der Waals surface area contributed by atoms with Crippen LogP contribution in [-0.2, 0) is 0 Å². The van der Waals surface area contributed by atoms with Crippen LogP contribution >= 0.6 is 0 Å². The SMILES string of the molecule is CNC1C[C@H]2CC[C@]1(C)C2(C)C. The maximum atomic E-state index is 3.49. The first-order valence-corrected chi connectivity index (χ1v) is 5.19.